The molecular formula is C22H20ClFN2O4S. The number of nitrogens with one attached hydrogen (secondary N) is 1. The van der Waals surface area contributed by atoms with Crippen LogP contribution in [0.4, 0.5) is 15.8 Å². The first-order valence-corrected chi connectivity index (χ1v) is 11.0. The van der Waals surface area contributed by atoms with Crippen LogP contribution >= 0.6 is 11.6 Å². The van der Waals surface area contributed by atoms with E-state index < -0.39 is 28.3 Å². The van der Waals surface area contributed by atoms with Crippen LogP contribution in [0.3, 0.4) is 0 Å². The van der Waals surface area contributed by atoms with Gasteiger partial charge in [0.05, 0.1) is 22.7 Å². The highest BCUT2D eigenvalue weighted by atomic mass is 35.5. The minimum Gasteiger partial charge on any atom is -0.497 e. The van der Waals surface area contributed by atoms with Gasteiger partial charge in [0.1, 0.15) is 18.1 Å². The summed E-state index contributed by atoms with van der Waals surface area (Å²) in [6, 6.07) is 16.3. The molecule has 0 radical (unpaired) electrons. The molecule has 3 aromatic rings. The van der Waals surface area contributed by atoms with Gasteiger partial charge in [-0.3, -0.25) is 9.10 Å². The minimum atomic E-state index is -4.06. The number of methoxy groups -OCH3 is 1. The third-order valence-electron chi connectivity index (χ3n) is 4.46. The first kappa shape index (κ1) is 22.6. The number of aryl methyl sites for hydroxylation is 1. The van der Waals surface area contributed by atoms with E-state index in [4.69, 9.17) is 16.3 Å². The van der Waals surface area contributed by atoms with E-state index >= 15 is 0 Å². The Hall–Kier alpha value is -3.10. The molecule has 3 aromatic carbocycles. The number of sulfonamides is 1. The van der Waals surface area contributed by atoms with Gasteiger partial charge in [0.2, 0.25) is 5.91 Å². The quantitative estimate of drug-likeness (QED) is 0.555. The van der Waals surface area contributed by atoms with Gasteiger partial charge in [-0.1, -0.05) is 29.3 Å². The van der Waals surface area contributed by atoms with Crippen LogP contribution in [0.1, 0.15) is 5.56 Å². The number of ether oxygens (including phenoxy) is 1. The SMILES string of the molecule is COc1ccc(S(=O)(=O)N(CC(=O)Nc2ccc(F)c(Cl)c2)c2ccc(C)cc2)cc1. The number of hydrogen-bond acceptors (Lipinski definition) is 4. The first-order valence-electron chi connectivity index (χ1n) is 9.19. The molecule has 162 valence electrons. The van der Waals surface area contributed by atoms with Gasteiger partial charge in [-0.15, -0.1) is 0 Å². The van der Waals surface area contributed by atoms with Gasteiger partial charge in [-0.2, -0.15) is 0 Å². The summed E-state index contributed by atoms with van der Waals surface area (Å²) in [5.41, 5.74) is 1.52. The summed E-state index contributed by atoms with van der Waals surface area (Å²) >= 11 is 5.75. The summed E-state index contributed by atoms with van der Waals surface area (Å²) in [6.07, 6.45) is 0. The molecule has 0 atom stereocenters. The van der Waals surface area contributed by atoms with Gasteiger partial charge in [-0.05, 0) is 61.5 Å². The number of benzene rings is 3. The van der Waals surface area contributed by atoms with Crippen molar-refractivity contribution in [3.63, 3.8) is 0 Å². The van der Waals surface area contributed by atoms with E-state index in [0.717, 1.165) is 15.9 Å². The van der Waals surface area contributed by atoms with Crippen LogP contribution in [0.2, 0.25) is 5.02 Å². The van der Waals surface area contributed by atoms with Crippen LogP contribution in [-0.4, -0.2) is 28.0 Å². The van der Waals surface area contributed by atoms with Crippen molar-refractivity contribution in [2.75, 3.05) is 23.3 Å². The summed E-state index contributed by atoms with van der Waals surface area (Å²) in [4.78, 5) is 12.7. The topological polar surface area (TPSA) is 75.7 Å². The van der Waals surface area contributed by atoms with E-state index in [9.17, 15) is 17.6 Å². The molecule has 0 aliphatic rings. The largest absolute Gasteiger partial charge is 0.497 e. The fraction of sp³-hybridized carbons (Fsp3) is 0.136. The van der Waals surface area contributed by atoms with Gasteiger partial charge < -0.3 is 10.1 Å². The number of nitrogens with zero attached hydrogens (tertiary/aromatic N) is 1. The van der Waals surface area contributed by atoms with Crippen LogP contribution in [0.15, 0.2) is 71.6 Å². The fourth-order valence-corrected chi connectivity index (χ4v) is 4.41. The van der Waals surface area contributed by atoms with E-state index in [0.29, 0.717) is 11.4 Å². The molecule has 0 aromatic heterocycles. The number of hydrogen-bond donors (Lipinski definition) is 1. The average Bonchev–Trinajstić information content (AvgIpc) is 2.75. The maximum absolute atomic E-state index is 13.4. The number of rotatable bonds is 7. The molecule has 1 amide bonds. The van der Waals surface area contributed by atoms with E-state index in [2.05, 4.69) is 5.32 Å². The number of halogens is 2. The summed E-state index contributed by atoms with van der Waals surface area (Å²) < 4.78 is 46.1. The Morgan fingerprint density at radius 3 is 2.29 bits per heavy atom. The number of anilines is 2. The van der Waals surface area contributed by atoms with Crippen molar-refractivity contribution in [1.29, 1.82) is 0 Å². The predicted molar refractivity (Wildman–Crippen MR) is 119 cm³/mol. The Balaban J connectivity index is 1.92. The fourth-order valence-electron chi connectivity index (χ4n) is 2.81. The van der Waals surface area contributed by atoms with E-state index in [1.54, 1.807) is 24.3 Å². The average molecular weight is 463 g/mol. The van der Waals surface area contributed by atoms with Crippen LogP contribution in [-0.2, 0) is 14.8 Å². The van der Waals surface area contributed by atoms with Crippen molar-refractivity contribution in [1.82, 2.24) is 0 Å². The van der Waals surface area contributed by atoms with Gasteiger partial charge in [0.25, 0.3) is 10.0 Å². The van der Waals surface area contributed by atoms with Crippen molar-refractivity contribution in [2.45, 2.75) is 11.8 Å². The molecule has 0 bridgehead atoms. The van der Waals surface area contributed by atoms with Crippen LogP contribution in [0.5, 0.6) is 5.75 Å². The lowest BCUT2D eigenvalue weighted by molar-refractivity contribution is -0.114. The standard InChI is InChI=1S/C22H20ClFN2O4S/c1-15-3-6-17(7-4-15)26(31(28,29)19-10-8-18(30-2)9-11-19)14-22(27)25-16-5-12-21(24)20(23)13-16/h3-13H,14H2,1-2H3,(H,25,27). The van der Waals surface area contributed by atoms with E-state index in [1.165, 1.54) is 43.5 Å². The summed E-state index contributed by atoms with van der Waals surface area (Å²) in [6.45, 7) is 1.38. The molecule has 0 unspecified atom stereocenters. The molecule has 0 aliphatic carbocycles. The molecule has 3 rings (SSSR count). The van der Waals surface area contributed by atoms with Crippen LogP contribution < -0.4 is 14.4 Å². The van der Waals surface area contributed by atoms with Crippen molar-refractivity contribution in [3.8, 4) is 5.75 Å². The molecule has 0 spiro atoms. The van der Waals surface area contributed by atoms with Crippen molar-refractivity contribution in [2.24, 2.45) is 0 Å². The number of carbonyl (C=O) groups is 1. The highest BCUT2D eigenvalue weighted by Crippen LogP contribution is 2.26. The Bertz CT molecular complexity index is 1180. The Kier molecular flexibility index (Phi) is 6.82. The lowest BCUT2D eigenvalue weighted by Crippen LogP contribution is -2.38. The molecule has 31 heavy (non-hydrogen) atoms. The Morgan fingerprint density at radius 1 is 1.06 bits per heavy atom. The second kappa shape index (κ2) is 9.36. The van der Waals surface area contributed by atoms with E-state index in [-0.39, 0.29) is 15.6 Å². The zero-order chi connectivity index (χ0) is 22.6. The van der Waals surface area contributed by atoms with Gasteiger partial charge in [0.15, 0.2) is 0 Å². The molecule has 6 nitrogen and oxygen atoms in total. The highest BCUT2D eigenvalue weighted by Gasteiger charge is 2.27. The summed E-state index contributed by atoms with van der Waals surface area (Å²) in [5, 5.41) is 2.39. The van der Waals surface area contributed by atoms with Crippen molar-refractivity contribution >= 4 is 38.9 Å². The summed E-state index contributed by atoms with van der Waals surface area (Å²) in [5.74, 6) is -0.727. The van der Waals surface area contributed by atoms with Gasteiger partial charge in [-0.25, -0.2) is 12.8 Å². The van der Waals surface area contributed by atoms with Gasteiger partial charge >= 0.3 is 0 Å². The number of carbonyl (C=O) groups excluding carboxylic acids is 1. The lowest BCUT2D eigenvalue weighted by Gasteiger charge is -2.24. The maximum atomic E-state index is 13.4. The zero-order valence-electron chi connectivity index (χ0n) is 16.8. The third kappa shape index (κ3) is 5.34. The maximum Gasteiger partial charge on any atom is 0.264 e. The Labute approximate surface area is 185 Å². The second-order valence-electron chi connectivity index (χ2n) is 6.70. The summed E-state index contributed by atoms with van der Waals surface area (Å²) in [7, 11) is -2.58. The highest BCUT2D eigenvalue weighted by molar-refractivity contribution is 7.92. The van der Waals surface area contributed by atoms with E-state index in [1.807, 2.05) is 6.92 Å². The normalized spacial score (nSPS) is 11.1. The van der Waals surface area contributed by atoms with Crippen molar-refractivity contribution in [3.05, 3.63) is 83.1 Å². The molecule has 0 saturated carbocycles. The molecule has 0 saturated heterocycles. The zero-order valence-corrected chi connectivity index (χ0v) is 18.4. The van der Waals surface area contributed by atoms with Crippen molar-refractivity contribution < 1.29 is 22.3 Å². The molecule has 0 fully saturated rings. The van der Waals surface area contributed by atoms with Crippen LogP contribution in [0.25, 0.3) is 0 Å². The number of amides is 1. The predicted octanol–water partition coefficient (Wildman–Crippen LogP) is 4.63. The molecule has 9 heteroatoms. The smallest absolute Gasteiger partial charge is 0.264 e. The molecular weight excluding hydrogens is 443 g/mol. The Morgan fingerprint density at radius 2 is 1.71 bits per heavy atom. The molecule has 1 N–H and O–H groups in total. The first-order chi connectivity index (χ1) is 14.7. The second-order valence-corrected chi connectivity index (χ2v) is 8.97. The molecule has 0 heterocycles. The monoisotopic (exact) mass is 462 g/mol. The van der Waals surface area contributed by atoms with Gasteiger partial charge in [0, 0.05) is 5.69 Å². The minimum absolute atomic E-state index is 0.00602. The third-order valence-corrected chi connectivity index (χ3v) is 6.54. The lowest BCUT2D eigenvalue weighted by atomic mass is 10.2. The molecule has 0 aliphatic heterocycles. The van der Waals surface area contributed by atoms with Crippen LogP contribution in [0, 0.1) is 12.7 Å².